The normalized spacial score (nSPS) is 14.2. The minimum absolute atomic E-state index is 0.108. The Morgan fingerprint density at radius 2 is 2.23 bits per heavy atom. The largest absolute Gasteiger partial charge is 0.326 e. The lowest BCUT2D eigenvalue weighted by Gasteiger charge is -2.06. The second-order valence-corrected chi connectivity index (χ2v) is 3.99. The molecule has 1 aromatic rings. The Morgan fingerprint density at radius 3 is 2.92 bits per heavy atom. The molecule has 0 saturated heterocycles. The third-order valence-corrected chi connectivity index (χ3v) is 3.26. The van der Waals surface area contributed by atoms with Crippen LogP contribution < -0.4 is 5.32 Å². The summed E-state index contributed by atoms with van der Waals surface area (Å²) in [5, 5.41) is 2.84. The second-order valence-electron chi connectivity index (χ2n) is 3.14. The third-order valence-electron chi connectivity index (χ3n) is 2.38. The number of anilines is 1. The van der Waals surface area contributed by atoms with Gasteiger partial charge in [0, 0.05) is 10.6 Å². The van der Waals surface area contributed by atoms with Crippen LogP contribution in [0, 0.1) is 6.92 Å². The number of fused-ring (bicyclic) bond motifs is 1. The van der Waals surface area contributed by atoms with Gasteiger partial charge < -0.3 is 5.32 Å². The van der Waals surface area contributed by atoms with Crippen LogP contribution in [-0.4, -0.2) is 12.2 Å². The van der Waals surface area contributed by atoms with Crippen molar-refractivity contribution in [2.45, 2.75) is 18.2 Å². The van der Waals surface area contributed by atoms with Crippen LogP contribution in [0.25, 0.3) is 0 Å². The predicted molar refractivity (Wildman–Crippen MR) is 55.3 cm³/mol. The summed E-state index contributed by atoms with van der Waals surface area (Å²) in [4.78, 5) is 12.4. The lowest BCUT2D eigenvalue weighted by molar-refractivity contribution is -0.115. The monoisotopic (exact) mass is 193 g/mol. The summed E-state index contributed by atoms with van der Waals surface area (Å²) in [6.07, 6.45) is 2.59. The molecule has 1 amide bonds. The number of hydrogen-bond donors (Lipinski definition) is 1. The highest BCUT2D eigenvalue weighted by atomic mass is 32.2. The molecule has 0 saturated carbocycles. The van der Waals surface area contributed by atoms with Gasteiger partial charge in [0.25, 0.3) is 0 Å². The van der Waals surface area contributed by atoms with Gasteiger partial charge in [0.15, 0.2) is 0 Å². The van der Waals surface area contributed by atoms with Crippen molar-refractivity contribution in [3.8, 4) is 0 Å². The Hall–Kier alpha value is -0.960. The van der Waals surface area contributed by atoms with Crippen molar-refractivity contribution in [2.75, 3.05) is 11.6 Å². The Morgan fingerprint density at radius 1 is 1.46 bits per heavy atom. The molecule has 0 aromatic heterocycles. The fourth-order valence-electron chi connectivity index (χ4n) is 1.66. The van der Waals surface area contributed by atoms with Gasteiger partial charge in [0.1, 0.15) is 0 Å². The fourth-order valence-corrected chi connectivity index (χ4v) is 2.29. The molecular formula is C10H11NOS. The molecule has 0 fully saturated rings. The van der Waals surface area contributed by atoms with Crippen molar-refractivity contribution in [1.82, 2.24) is 0 Å². The van der Waals surface area contributed by atoms with Crippen LogP contribution in [0.3, 0.4) is 0 Å². The Bertz CT molecular complexity index is 373. The molecule has 2 rings (SSSR count). The summed E-state index contributed by atoms with van der Waals surface area (Å²) in [7, 11) is 0. The Balaban J connectivity index is 2.54. The molecular weight excluding hydrogens is 182 g/mol. The van der Waals surface area contributed by atoms with E-state index in [0.29, 0.717) is 6.42 Å². The highest BCUT2D eigenvalue weighted by Gasteiger charge is 2.20. The first-order valence-electron chi connectivity index (χ1n) is 4.18. The summed E-state index contributed by atoms with van der Waals surface area (Å²) >= 11 is 1.72. The smallest absolute Gasteiger partial charge is 0.228 e. The van der Waals surface area contributed by atoms with E-state index in [0.717, 1.165) is 11.3 Å². The number of hydrogen-bond acceptors (Lipinski definition) is 2. The molecule has 68 valence electrons. The summed E-state index contributed by atoms with van der Waals surface area (Å²) in [5.74, 6) is 0.108. The van der Waals surface area contributed by atoms with Crippen LogP contribution in [0.1, 0.15) is 11.1 Å². The van der Waals surface area contributed by atoms with Gasteiger partial charge in [0.05, 0.1) is 6.42 Å². The fraction of sp³-hybridized carbons (Fsp3) is 0.300. The van der Waals surface area contributed by atoms with Gasteiger partial charge in [-0.1, -0.05) is 0 Å². The standard InChI is InChI=1S/C10H11NOS/c1-6-7-5-10(12)11-8(7)3-4-9(6)13-2/h3-4H,5H2,1-2H3,(H,11,12). The minimum atomic E-state index is 0.108. The molecule has 2 nitrogen and oxygen atoms in total. The lowest BCUT2D eigenvalue weighted by Crippen LogP contribution is -2.03. The average Bonchev–Trinajstić information content (AvgIpc) is 2.47. The second kappa shape index (κ2) is 3.07. The maximum atomic E-state index is 11.1. The van der Waals surface area contributed by atoms with Crippen LogP contribution in [0.15, 0.2) is 17.0 Å². The zero-order valence-electron chi connectivity index (χ0n) is 7.68. The van der Waals surface area contributed by atoms with Gasteiger partial charge in [-0.3, -0.25) is 4.79 Å². The average molecular weight is 193 g/mol. The van der Waals surface area contributed by atoms with Gasteiger partial charge >= 0.3 is 0 Å². The van der Waals surface area contributed by atoms with Crippen LogP contribution >= 0.6 is 11.8 Å². The molecule has 0 aliphatic carbocycles. The van der Waals surface area contributed by atoms with Gasteiger partial charge in [-0.2, -0.15) is 0 Å². The number of carbonyl (C=O) groups is 1. The number of carbonyl (C=O) groups excluding carboxylic acids is 1. The van der Waals surface area contributed by atoms with E-state index in [9.17, 15) is 4.79 Å². The molecule has 1 aromatic carbocycles. The molecule has 1 N–H and O–H groups in total. The van der Waals surface area contributed by atoms with Crippen molar-refractivity contribution in [3.05, 3.63) is 23.3 Å². The molecule has 1 aliphatic heterocycles. The van der Waals surface area contributed by atoms with E-state index in [4.69, 9.17) is 0 Å². The quantitative estimate of drug-likeness (QED) is 0.693. The van der Waals surface area contributed by atoms with Crippen molar-refractivity contribution in [1.29, 1.82) is 0 Å². The maximum absolute atomic E-state index is 11.1. The SMILES string of the molecule is CSc1ccc2c(c1C)CC(=O)N2. The van der Waals surface area contributed by atoms with E-state index >= 15 is 0 Å². The Kier molecular flexibility index (Phi) is 2.04. The first-order valence-corrected chi connectivity index (χ1v) is 5.41. The lowest BCUT2D eigenvalue weighted by atomic mass is 10.1. The van der Waals surface area contributed by atoms with E-state index < -0.39 is 0 Å². The molecule has 3 heteroatoms. The Labute approximate surface area is 81.7 Å². The van der Waals surface area contributed by atoms with Crippen molar-refractivity contribution in [2.24, 2.45) is 0 Å². The van der Waals surface area contributed by atoms with E-state index in [2.05, 4.69) is 24.6 Å². The van der Waals surface area contributed by atoms with Gasteiger partial charge in [0.2, 0.25) is 5.91 Å². The maximum Gasteiger partial charge on any atom is 0.228 e. The van der Waals surface area contributed by atoms with E-state index in [1.807, 2.05) is 6.07 Å². The highest BCUT2D eigenvalue weighted by Crippen LogP contribution is 2.32. The van der Waals surface area contributed by atoms with Crippen molar-refractivity contribution >= 4 is 23.4 Å². The van der Waals surface area contributed by atoms with Crippen LogP contribution in [-0.2, 0) is 11.2 Å². The molecule has 0 atom stereocenters. The molecule has 0 bridgehead atoms. The van der Waals surface area contributed by atoms with Crippen LogP contribution in [0.5, 0.6) is 0 Å². The van der Waals surface area contributed by atoms with Crippen LogP contribution in [0.4, 0.5) is 5.69 Å². The first kappa shape index (κ1) is 8.63. The number of amides is 1. The third kappa shape index (κ3) is 1.33. The number of benzene rings is 1. The molecule has 1 heterocycles. The van der Waals surface area contributed by atoms with Crippen LogP contribution in [0.2, 0.25) is 0 Å². The van der Waals surface area contributed by atoms with Gasteiger partial charge in [-0.05, 0) is 36.4 Å². The molecule has 13 heavy (non-hydrogen) atoms. The molecule has 0 radical (unpaired) electrons. The topological polar surface area (TPSA) is 29.1 Å². The highest BCUT2D eigenvalue weighted by molar-refractivity contribution is 7.98. The summed E-state index contributed by atoms with van der Waals surface area (Å²) in [6.45, 7) is 2.07. The van der Waals surface area contributed by atoms with Crippen molar-refractivity contribution in [3.63, 3.8) is 0 Å². The number of thioether (sulfide) groups is 1. The van der Waals surface area contributed by atoms with E-state index in [-0.39, 0.29) is 5.91 Å². The summed E-state index contributed by atoms with van der Waals surface area (Å²) in [5.41, 5.74) is 3.39. The zero-order chi connectivity index (χ0) is 9.42. The molecule has 0 spiro atoms. The first-order chi connectivity index (χ1) is 6.22. The predicted octanol–water partition coefficient (Wildman–Crippen LogP) is 2.21. The number of rotatable bonds is 1. The van der Waals surface area contributed by atoms with Crippen molar-refractivity contribution < 1.29 is 4.79 Å². The molecule has 0 unspecified atom stereocenters. The summed E-state index contributed by atoms with van der Waals surface area (Å²) in [6, 6.07) is 4.05. The molecule has 1 aliphatic rings. The zero-order valence-corrected chi connectivity index (χ0v) is 8.49. The van der Waals surface area contributed by atoms with E-state index in [1.165, 1.54) is 10.5 Å². The van der Waals surface area contributed by atoms with Gasteiger partial charge in [-0.15, -0.1) is 11.8 Å². The van der Waals surface area contributed by atoms with Gasteiger partial charge in [-0.25, -0.2) is 0 Å². The number of nitrogens with one attached hydrogen (secondary N) is 1. The van der Waals surface area contributed by atoms with E-state index in [1.54, 1.807) is 11.8 Å². The minimum Gasteiger partial charge on any atom is -0.326 e. The summed E-state index contributed by atoms with van der Waals surface area (Å²) < 4.78 is 0.